The minimum atomic E-state index is -0.367. The van der Waals surface area contributed by atoms with Gasteiger partial charge in [0.15, 0.2) is 0 Å². The van der Waals surface area contributed by atoms with E-state index in [0.717, 1.165) is 11.1 Å². The zero-order chi connectivity index (χ0) is 16.9. The van der Waals surface area contributed by atoms with E-state index in [0.29, 0.717) is 12.3 Å². The molecule has 0 saturated heterocycles. The normalized spacial score (nSPS) is 11.9. The first-order chi connectivity index (χ1) is 11.6. The number of carbonyl (C=O) groups excluding carboxylic acids is 1. The van der Waals surface area contributed by atoms with E-state index in [1.807, 2.05) is 68.4 Å². The molecule has 0 aliphatic heterocycles. The molecule has 1 heterocycles. The van der Waals surface area contributed by atoms with Crippen LogP contribution in [0.3, 0.4) is 0 Å². The number of nitrogens with zero attached hydrogens (tertiary/aromatic N) is 2. The van der Waals surface area contributed by atoms with Crippen LogP contribution in [-0.2, 0) is 6.42 Å². The van der Waals surface area contributed by atoms with Gasteiger partial charge in [0.2, 0.25) is 5.89 Å². The number of carbonyl (C=O) groups is 1. The van der Waals surface area contributed by atoms with Gasteiger partial charge in [0.1, 0.15) is 0 Å². The van der Waals surface area contributed by atoms with Crippen molar-refractivity contribution in [2.45, 2.75) is 26.3 Å². The summed E-state index contributed by atoms with van der Waals surface area (Å²) in [6.45, 7) is 3.95. The van der Waals surface area contributed by atoms with Crippen LogP contribution in [0.4, 0.5) is 0 Å². The van der Waals surface area contributed by atoms with Crippen molar-refractivity contribution < 1.29 is 9.21 Å². The van der Waals surface area contributed by atoms with Crippen LogP contribution in [0, 0.1) is 6.92 Å². The van der Waals surface area contributed by atoms with Gasteiger partial charge in [-0.15, -0.1) is 10.2 Å². The third kappa shape index (κ3) is 3.87. The summed E-state index contributed by atoms with van der Waals surface area (Å²) in [5, 5.41) is 10.7. The van der Waals surface area contributed by atoms with Crippen molar-refractivity contribution in [1.82, 2.24) is 15.5 Å². The fraction of sp³-hybridized carbons (Fsp3) is 0.211. The maximum absolute atomic E-state index is 12.2. The van der Waals surface area contributed by atoms with Crippen LogP contribution in [-0.4, -0.2) is 16.1 Å². The van der Waals surface area contributed by atoms with Gasteiger partial charge in [-0.05, 0) is 25.0 Å². The minimum absolute atomic E-state index is 0.0140. The fourth-order valence-electron chi connectivity index (χ4n) is 2.38. The number of benzene rings is 2. The first kappa shape index (κ1) is 15.9. The number of hydrogen-bond donors (Lipinski definition) is 1. The summed E-state index contributed by atoms with van der Waals surface area (Å²) in [6.07, 6.45) is 0.509. The maximum atomic E-state index is 12.2. The van der Waals surface area contributed by atoms with E-state index in [2.05, 4.69) is 15.5 Å². The van der Waals surface area contributed by atoms with Crippen molar-refractivity contribution >= 4 is 5.91 Å². The lowest BCUT2D eigenvalue weighted by Crippen LogP contribution is -2.26. The summed E-state index contributed by atoms with van der Waals surface area (Å²) >= 11 is 0. The Labute approximate surface area is 140 Å². The Morgan fingerprint density at radius 1 is 1.08 bits per heavy atom. The molecule has 1 atom stereocenters. The lowest BCUT2D eigenvalue weighted by molar-refractivity contribution is 0.0903. The maximum Gasteiger partial charge on any atom is 0.309 e. The van der Waals surface area contributed by atoms with Crippen molar-refractivity contribution in [3.05, 3.63) is 83.1 Å². The second-order valence-corrected chi connectivity index (χ2v) is 5.77. The van der Waals surface area contributed by atoms with E-state index in [9.17, 15) is 4.79 Å². The average molecular weight is 321 g/mol. The number of hydrogen-bond acceptors (Lipinski definition) is 4. The van der Waals surface area contributed by atoms with Gasteiger partial charge >= 0.3 is 11.8 Å². The molecule has 0 bridgehead atoms. The summed E-state index contributed by atoms with van der Waals surface area (Å²) in [6, 6.07) is 17.7. The van der Waals surface area contributed by atoms with E-state index >= 15 is 0 Å². The smallest absolute Gasteiger partial charge is 0.309 e. The zero-order valence-corrected chi connectivity index (χ0v) is 13.7. The largest absolute Gasteiger partial charge is 0.417 e. The Bertz CT molecular complexity index is 810. The summed E-state index contributed by atoms with van der Waals surface area (Å²) in [7, 11) is 0. The van der Waals surface area contributed by atoms with Gasteiger partial charge in [0, 0.05) is 0 Å². The van der Waals surface area contributed by atoms with Crippen LogP contribution < -0.4 is 5.32 Å². The molecule has 3 rings (SSSR count). The van der Waals surface area contributed by atoms with Crippen molar-refractivity contribution in [1.29, 1.82) is 0 Å². The number of aryl methyl sites for hydroxylation is 1. The molecule has 0 fully saturated rings. The number of amides is 1. The third-order valence-corrected chi connectivity index (χ3v) is 3.78. The second-order valence-electron chi connectivity index (χ2n) is 5.77. The molecular weight excluding hydrogens is 302 g/mol. The molecular formula is C19H19N3O2. The molecule has 1 N–H and O–H groups in total. The van der Waals surface area contributed by atoms with Gasteiger partial charge in [-0.2, -0.15) is 0 Å². The summed E-state index contributed by atoms with van der Waals surface area (Å²) in [4.78, 5) is 12.2. The van der Waals surface area contributed by atoms with Crippen molar-refractivity contribution in [2.24, 2.45) is 0 Å². The Hall–Kier alpha value is -2.95. The van der Waals surface area contributed by atoms with Crippen LogP contribution >= 0.6 is 0 Å². The Balaban J connectivity index is 1.64. The molecule has 122 valence electrons. The van der Waals surface area contributed by atoms with Crippen LogP contribution in [0.25, 0.3) is 0 Å². The molecule has 24 heavy (non-hydrogen) atoms. The quantitative estimate of drug-likeness (QED) is 0.781. The molecule has 3 aromatic rings. The van der Waals surface area contributed by atoms with E-state index < -0.39 is 0 Å². The number of aromatic nitrogens is 2. The molecule has 5 heteroatoms. The Morgan fingerprint density at radius 2 is 1.79 bits per heavy atom. The minimum Gasteiger partial charge on any atom is -0.417 e. The topological polar surface area (TPSA) is 68.0 Å². The molecule has 0 spiro atoms. The molecule has 0 radical (unpaired) electrons. The first-order valence-corrected chi connectivity index (χ1v) is 7.85. The highest BCUT2D eigenvalue weighted by Gasteiger charge is 2.17. The van der Waals surface area contributed by atoms with Gasteiger partial charge in [0.25, 0.3) is 0 Å². The van der Waals surface area contributed by atoms with Gasteiger partial charge in [-0.25, -0.2) is 0 Å². The predicted octanol–water partition coefficient (Wildman–Crippen LogP) is 3.46. The van der Waals surface area contributed by atoms with Crippen LogP contribution in [0.1, 0.15) is 46.2 Å². The third-order valence-electron chi connectivity index (χ3n) is 3.78. The fourth-order valence-corrected chi connectivity index (χ4v) is 2.38. The van der Waals surface area contributed by atoms with Gasteiger partial charge in [0.05, 0.1) is 12.5 Å². The van der Waals surface area contributed by atoms with E-state index in [1.54, 1.807) is 0 Å². The van der Waals surface area contributed by atoms with E-state index in [-0.39, 0.29) is 17.8 Å². The lowest BCUT2D eigenvalue weighted by atomic mass is 10.1. The number of rotatable bonds is 5. The molecule has 2 aromatic carbocycles. The van der Waals surface area contributed by atoms with E-state index in [4.69, 9.17) is 4.42 Å². The van der Waals surface area contributed by atoms with Crippen LogP contribution in [0.2, 0.25) is 0 Å². The average Bonchev–Trinajstić information content (AvgIpc) is 3.06. The van der Waals surface area contributed by atoms with Crippen molar-refractivity contribution in [3.8, 4) is 0 Å². The Kier molecular flexibility index (Phi) is 4.70. The molecule has 0 saturated carbocycles. The monoisotopic (exact) mass is 321 g/mol. The molecule has 0 aliphatic carbocycles. The summed E-state index contributed by atoms with van der Waals surface area (Å²) in [5.41, 5.74) is 3.28. The molecule has 0 aliphatic rings. The van der Waals surface area contributed by atoms with Gasteiger partial charge < -0.3 is 9.73 Å². The lowest BCUT2D eigenvalue weighted by Gasteiger charge is -2.12. The highest BCUT2D eigenvalue weighted by Crippen LogP contribution is 2.13. The highest BCUT2D eigenvalue weighted by atomic mass is 16.4. The molecule has 1 unspecified atom stereocenters. The highest BCUT2D eigenvalue weighted by molar-refractivity contribution is 5.89. The van der Waals surface area contributed by atoms with Crippen LogP contribution in [0.5, 0.6) is 0 Å². The van der Waals surface area contributed by atoms with Gasteiger partial charge in [-0.1, -0.05) is 60.2 Å². The zero-order valence-electron chi connectivity index (χ0n) is 13.7. The molecule has 1 aromatic heterocycles. The number of nitrogens with one attached hydrogen (secondary N) is 1. The summed E-state index contributed by atoms with van der Waals surface area (Å²) < 4.78 is 5.48. The SMILES string of the molecule is Cc1ccc(Cc2nnc(C(=O)NC(C)c3ccccc3)o2)cc1. The second kappa shape index (κ2) is 7.08. The Morgan fingerprint density at radius 3 is 2.50 bits per heavy atom. The predicted molar refractivity (Wildman–Crippen MR) is 90.6 cm³/mol. The first-order valence-electron chi connectivity index (χ1n) is 7.85. The standard InChI is InChI=1S/C19H19N3O2/c1-13-8-10-15(11-9-13)12-17-21-22-19(24-17)18(23)20-14(2)16-6-4-3-5-7-16/h3-11,14H,12H2,1-2H3,(H,20,23). The van der Waals surface area contributed by atoms with Crippen molar-refractivity contribution in [2.75, 3.05) is 0 Å². The van der Waals surface area contributed by atoms with E-state index in [1.165, 1.54) is 5.56 Å². The van der Waals surface area contributed by atoms with Gasteiger partial charge in [-0.3, -0.25) is 4.79 Å². The molecule has 1 amide bonds. The van der Waals surface area contributed by atoms with Crippen molar-refractivity contribution in [3.63, 3.8) is 0 Å². The van der Waals surface area contributed by atoms with Crippen LogP contribution in [0.15, 0.2) is 59.0 Å². The summed E-state index contributed by atoms with van der Waals surface area (Å²) in [5.74, 6) is 0.0465. The molecule has 5 nitrogen and oxygen atoms in total.